The minimum Gasteiger partial charge on any atom is -0.337 e. The van der Waals surface area contributed by atoms with Gasteiger partial charge in [-0.25, -0.2) is 9.80 Å². The van der Waals surface area contributed by atoms with Gasteiger partial charge in [0.2, 0.25) is 11.8 Å². The second kappa shape index (κ2) is 9.12. The van der Waals surface area contributed by atoms with Crippen LogP contribution in [0.25, 0.3) is 0 Å². The maximum absolute atomic E-state index is 12.2. The molecular formula is C19H24N6O3. The summed E-state index contributed by atoms with van der Waals surface area (Å²) in [6.07, 6.45) is 1.71. The van der Waals surface area contributed by atoms with Gasteiger partial charge in [-0.05, 0) is 5.56 Å². The number of urea groups is 1. The van der Waals surface area contributed by atoms with Gasteiger partial charge < -0.3 is 14.7 Å². The molecule has 0 radical (unpaired) electrons. The van der Waals surface area contributed by atoms with Crippen LogP contribution in [0.5, 0.6) is 0 Å². The van der Waals surface area contributed by atoms with Gasteiger partial charge in [-0.15, -0.1) is 0 Å². The van der Waals surface area contributed by atoms with E-state index < -0.39 is 0 Å². The maximum atomic E-state index is 12.2. The third-order valence-corrected chi connectivity index (χ3v) is 4.36. The molecule has 0 bridgehead atoms. The number of hydrogen-bond acceptors (Lipinski definition) is 6. The number of carbonyl (C=O) groups excluding carboxylic acids is 2. The Balaban J connectivity index is 1.50. The molecule has 0 atom stereocenters. The van der Waals surface area contributed by atoms with Gasteiger partial charge in [0.25, 0.3) is 0 Å². The Labute approximate surface area is 163 Å². The number of hydrogen-bond donors (Lipinski definition) is 1. The minimum atomic E-state index is -0.284. The molecule has 28 heavy (non-hydrogen) atoms. The van der Waals surface area contributed by atoms with Gasteiger partial charge in [0.05, 0.1) is 12.3 Å². The van der Waals surface area contributed by atoms with Gasteiger partial charge in [0.15, 0.2) is 5.82 Å². The Kier molecular flexibility index (Phi) is 6.36. The van der Waals surface area contributed by atoms with Crippen molar-refractivity contribution in [2.75, 3.05) is 20.1 Å². The first-order valence-corrected chi connectivity index (χ1v) is 9.30. The van der Waals surface area contributed by atoms with E-state index in [2.05, 4.69) is 20.6 Å². The predicted octanol–water partition coefficient (Wildman–Crippen LogP) is 1.80. The van der Waals surface area contributed by atoms with Gasteiger partial charge in [-0.1, -0.05) is 42.4 Å². The maximum Gasteiger partial charge on any atom is 0.317 e. The number of nitrogens with one attached hydrogen (secondary N) is 1. The van der Waals surface area contributed by atoms with Gasteiger partial charge in [-0.2, -0.15) is 10.1 Å². The van der Waals surface area contributed by atoms with E-state index in [1.165, 1.54) is 9.91 Å². The molecular weight excluding hydrogens is 360 g/mol. The highest BCUT2D eigenvalue weighted by Crippen LogP contribution is 2.14. The monoisotopic (exact) mass is 384 g/mol. The molecule has 0 saturated carbocycles. The number of aryl methyl sites for hydroxylation is 1. The van der Waals surface area contributed by atoms with Gasteiger partial charge in [-0.3, -0.25) is 4.79 Å². The zero-order valence-corrected chi connectivity index (χ0v) is 16.1. The van der Waals surface area contributed by atoms with Crippen molar-refractivity contribution in [1.29, 1.82) is 0 Å². The molecule has 9 nitrogen and oxygen atoms in total. The van der Waals surface area contributed by atoms with Crippen molar-refractivity contribution in [3.63, 3.8) is 0 Å². The van der Waals surface area contributed by atoms with Crippen LogP contribution >= 0.6 is 0 Å². The fraction of sp³-hybridized carbons (Fsp3) is 0.421. The second-order valence-electron chi connectivity index (χ2n) is 6.48. The van der Waals surface area contributed by atoms with Crippen molar-refractivity contribution in [2.45, 2.75) is 32.7 Å². The number of aromatic nitrogens is 2. The molecule has 1 aromatic carbocycles. The first-order valence-electron chi connectivity index (χ1n) is 9.30. The van der Waals surface area contributed by atoms with Crippen LogP contribution in [0.3, 0.4) is 0 Å². The molecule has 9 heteroatoms. The van der Waals surface area contributed by atoms with E-state index in [4.69, 9.17) is 4.52 Å². The molecule has 0 saturated heterocycles. The molecule has 2 aromatic rings. The van der Waals surface area contributed by atoms with Crippen molar-refractivity contribution in [3.8, 4) is 0 Å². The summed E-state index contributed by atoms with van der Waals surface area (Å²) in [7, 11) is 1.64. The summed E-state index contributed by atoms with van der Waals surface area (Å²) >= 11 is 0. The zero-order chi connectivity index (χ0) is 19.9. The van der Waals surface area contributed by atoms with E-state index in [1.54, 1.807) is 7.05 Å². The molecule has 3 amide bonds. The molecule has 148 valence electrons. The zero-order valence-electron chi connectivity index (χ0n) is 16.1. The topological polar surface area (TPSA) is 104 Å². The van der Waals surface area contributed by atoms with E-state index in [0.29, 0.717) is 44.1 Å². The Bertz CT molecular complexity index is 848. The van der Waals surface area contributed by atoms with Crippen LogP contribution < -0.4 is 5.32 Å². The van der Waals surface area contributed by atoms with E-state index in [-0.39, 0.29) is 18.5 Å². The molecule has 0 unspecified atom stereocenters. The highest BCUT2D eigenvalue weighted by Gasteiger charge is 2.21. The molecule has 1 aromatic heterocycles. The summed E-state index contributed by atoms with van der Waals surface area (Å²) in [5.41, 5.74) is 1.89. The van der Waals surface area contributed by atoms with Crippen LogP contribution in [-0.4, -0.2) is 57.8 Å². The molecule has 1 aliphatic rings. The molecule has 0 spiro atoms. The standard InChI is InChI=1S/C19H24N6O3/c1-3-16-21-17(28-23-16)13-24(2)19(27)20-11-12-25-18(26)10-9-15(22-25)14-7-5-4-6-8-14/h4-8H,3,9-13H2,1-2H3,(H,20,27). The number of nitrogens with zero attached hydrogens (tertiary/aromatic N) is 5. The van der Waals surface area contributed by atoms with Gasteiger partial charge >= 0.3 is 6.03 Å². The van der Waals surface area contributed by atoms with E-state index in [1.807, 2.05) is 37.3 Å². The third kappa shape index (κ3) is 4.93. The Hall–Kier alpha value is -3.23. The lowest BCUT2D eigenvalue weighted by molar-refractivity contribution is -0.131. The van der Waals surface area contributed by atoms with Crippen molar-refractivity contribution < 1.29 is 14.1 Å². The highest BCUT2D eigenvalue weighted by molar-refractivity contribution is 6.04. The first kappa shape index (κ1) is 19.5. The van der Waals surface area contributed by atoms with Crippen LogP contribution in [0.2, 0.25) is 0 Å². The Morgan fingerprint density at radius 3 is 2.79 bits per heavy atom. The van der Waals surface area contributed by atoms with E-state index in [9.17, 15) is 9.59 Å². The first-order chi connectivity index (χ1) is 13.6. The lowest BCUT2D eigenvalue weighted by Crippen LogP contribution is -2.42. The summed E-state index contributed by atoms with van der Waals surface area (Å²) in [4.78, 5) is 30.0. The molecule has 0 fully saturated rings. The van der Waals surface area contributed by atoms with Crippen molar-refractivity contribution >= 4 is 17.6 Å². The average Bonchev–Trinajstić information content (AvgIpc) is 3.17. The molecule has 2 heterocycles. The summed E-state index contributed by atoms with van der Waals surface area (Å²) in [6.45, 7) is 2.76. The molecule has 3 rings (SSSR count). The van der Waals surface area contributed by atoms with Crippen LogP contribution in [0, 0.1) is 0 Å². The number of hydrazone groups is 1. The quantitative estimate of drug-likeness (QED) is 0.784. The predicted molar refractivity (Wildman–Crippen MR) is 102 cm³/mol. The number of rotatable bonds is 7. The number of benzene rings is 1. The number of carbonyl (C=O) groups is 2. The normalized spacial score (nSPS) is 14.0. The summed E-state index contributed by atoms with van der Waals surface area (Å²) in [5.74, 6) is 0.956. The second-order valence-corrected chi connectivity index (χ2v) is 6.48. The molecule has 1 aliphatic heterocycles. The van der Waals surface area contributed by atoms with Crippen molar-refractivity contribution in [2.24, 2.45) is 5.10 Å². The highest BCUT2D eigenvalue weighted by atomic mass is 16.5. The average molecular weight is 384 g/mol. The van der Waals surface area contributed by atoms with E-state index >= 15 is 0 Å². The van der Waals surface area contributed by atoms with Crippen molar-refractivity contribution in [3.05, 3.63) is 47.6 Å². The summed E-state index contributed by atoms with van der Waals surface area (Å²) in [5, 5.41) is 12.5. The van der Waals surface area contributed by atoms with Gasteiger partial charge in [0.1, 0.15) is 6.54 Å². The largest absolute Gasteiger partial charge is 0.337 e. The summed E-state index contributed by atoms with van der Waals surface area (Å²) < 4.78 is 5.09. The smallest absolute Gasteiger partial charge is 0.317 e. The van der Waals surface area contributed by atoms with Crippen LogP contribution in [-0.2, 0) is 17.8 Å². The van der Waals surface area contributed by atoms with Gasteiger partial charge in [0, 0.05) is 32.9 Å². The SMILES string of the molecule is CCc1noc(CN(C)C(=O)NCCN2N=C(c3ccccc3)CCC2=O)n1. The lowest BCUT2D eigenvalue weighted by atomic mass is 10.0. The summed E-state index contributed by atoms with van der Waals surface area (Å²) in [6, 6.07) is 9.51. The fourth-order valence-electron chi connectivity index (χ4n) is 2.79. The van der Waals surface area contributed by atoms with Crippen LogP contribution in [0.15, 0.2) is 40.0 Å². The third-order valence-electron chi connectivity index (χ3n) is 4.36. The fourth-order valence-corrected chi connectivity index (χ4v) is 2.79. The lowest BCUT2D eigenvalue weighted by Gasteiger charge is -2.24. The Morgan fingerprint density at radius 2 is 2.07 bits per heavy atom. The van der Waals surface area contributed by atoms with E-state index in [0.717, 1.165) is 11.3 Å². The Morgan fingerprint density at radius 1 is 1.29 bits per heavy atom. The molecule has 0 aliphatic carbocycles. The van der Waals surface area contributed by atoms with Crippen LogP contribution in [0.4, 0.5) is 4.79 Å². The van der Waals surface area contributed by atoms with Crippen LogP contribution in [0.1, 0.15) is 37.0 Å². The van der Waals surface area contributed by atoms with Crippen molar-refractivity contribution in [1.82, 2.24) is 25.4 Å². The molecule has 1 N–H and O–H groups in total. The number of amides is 3. The minimum absolute atomic E-state index is 0.0414.